The molecule has 0 atom stereocenters. The fourth-order valence-corrected chi connectivity index (χ4v) is 3.52. The third-order valence-electron chi connectivity index (χ3n) is 5.22. The average Bonchev–Trinajstić information content (AvgIpc) is 3.32. The summed E-state index contributed by atoms with van der Waals surface area (Å²) in [6, 6.07) is 11.3. The number of hydrogen-bond acceptors (Lipinski definition) is 8. The van der Waals surface area contributed by atoms with Crippen molar-refractivity contribution in [1.82, 2.24) is 30.2 Å². The monoisotopic (exact) mass is 430 g/mol. The van der Waals surface area contributed by atoms with Crippen molar-refractivity contribution in [3.8, 4) is 11.3 Å². The summed E-state index contributed by atoms with van der Waals surface area (Å²) in [7, 11) is 1.58. The molecule has 1 saturated heterocycles. The molecule has 0 bridgehead atoms. The van der Waals surface area contributed by atoms with Gasteiger partial charge in [-0.1, -0.05) is 6.07 Å². The Labute approximate surface area is 184 Å². The van der Waals surface area contributed by atoms with E-state index >= 15 is 0 Å². The summed E-state index contributed by atoms with van der Waals surface area (Å²) in [4.78, 5) is 35.0. The standard InChI is InChI=1S/C22H22N8O2/c1-23-21(31)17-5-3-15(12-24-17)27-20-11-18(14-2-4-16-19(10-14)26-13-25-16)28-22(29-20)30-6-8-32-9-7-30/h2-5,10-13H,6-9H2,1H3,(H,23,31)(H,25,26)(H,27,28,29). The van der Waals surface area contributed by atoms with E-state index in [1.165, 1.54) is 0 Å². The molecule has 1 aliphatic rings. The number of anilines is 3. The normalized spacial score (nSPS) is 13.8. The van der Waals surface area contributed by atoms with Gasteiger partial charge >= 0.3 is 0 Å². The minimum Gasteiger partial charge on any atom is -0.378 e. The van der Waals surface area contributed by atoms with Gasteiger partial charge in [0.1, 0.15) is 11.5 Å². The van der Waals surface area contributed by atoms with Gasteiger partial charge in [-0.2, -0.15) is 4.98 Å². The highest BCUT2D eigenvalue weighted by molar-refractivity contribution is 5.92. The summed E-state index contributed by atoms with van der Waals surface area (Å²) in [6.45, 7) is 2.73. The summed E-state index contributed by atoms with van der Waals surface area (Å²) in [5.74, 6) is 1.04. The molecule has 3 aromatic heterocycles. The lowest BCUT2D eigenvalue weighted by Crippen LogP contribution is -2.37. The Kier molecular flexibility index (Phi) is 5.34. The highest BCUT2D eigenvalue weighted by atomic mass is 16.5. The molecule has 10 heteroatoms. The molecule has 10 nitrogen and oxygen atoms in total. The van der Waals surface area contributed by atoms with Crippen LogP contribution in [0.5, 0.6) is 0 Å². The molecule has 32 heavy (non-hydrogen) atoms. The zero-order valence-corrected chi connectivity index (χ0v) is 17.5. The molecule has 0 unspecified atom stereocenters. The van der Waals surface area contributed by atoms with E-state index in [9.17, 15) is 4.79 Å². The molecule has 1 fully saturated rings. The Morgan fingerprint density at radius 3 is 2.75 bits per heavy atom. The highest BCUT2D eigenvalue weighted by Gasteiger charge is 2.17. The first kappa shape index (κ1) is 19.9. The minimum absolute atomic E-state index is 0.232. The Morgan fingerprint density at radius 1 is 1.09 bits per heavy atom. The summed E-state index contributed by atoms with van der Waals surface area (Å²) in [5.41, 5.74) is 4.65. The molecular weight excluding hydrogens is 408 g/mol. The number of hydrogen-bond donors (Lipinski definition) is 3. The fourth-order valence-electron chi connectivity index (χ4n) is 3.52. The lowest BCUT2D eigenvalue weighted by atomic mass is 10.1. The summed E-state index contributed by atoms with van der Waals surface area (Å²) in [6.07, 6.45) is 3.29. The number of aromatic nitrogens is 5. The Balaban J connectivity index is 1.50. The van der Waals surface area contributed by atoms with Gasteiger partial charge in [-0.15, -0.1) is 0 Å². The number of imidazole rings is 1. The first-order chi connectivity index (χ1) is 15.7. The second-order valence-electron chi connectivity index (χ2n) is 7.31. The minimum atomic E-state index is -0.232. The molecule has 0 aliphatic carbocycles. The lowest BCUT2D eigenvalue weighted by Gasteiger charge is -2.27. The smallest absolute Gasteiger partial charge is 0.269 e. The van der Waals surface area contributed by atoms with Gasteiger partial charge in [-0.05, 0) is 24.3 Å². The molecule has 3 N–H and O–H groups in total. The number of carbonyl (C=O) groups is 1. The van der Waals surface area contributed by atoms with E-state index in [1.54, 1.807) is 31.7 Å². The number of rotatable bonds is 5. The van der Waals surface area contributed by atoms with Crippen molar-refractivity contribution in [3.05, 3.63) is 54.6 Å². The van der Waals surface area contributed by atoms with Gasteiger partial charge < -0.3 is 25.3 Å². The number of H-pyrrole nitrogens is 1. The van der Waals surface area contributed by atoms with E-state index in [1.807, 2.05) is 24.3 Å². The Bertz CT molecular complexity index is 1250. The predicted molar refractivity (Wildman–Crippen MR) is 121 cm³/mol. The van der Waals surface area contributed by atoms with E-state index in [4.69, 9.17) is 14.7 Å². The molecule has 4 aromatic rings. The van der Waals surface area contributed by atoms with Crippen molar-refractivity contribution in [3.63, 3.8) is 0 Å². The molecule has 0 radical (unpaired) electrons. The van der Waals surface area contributed by atoms with E-state index in [0.717, 1.165) is 41.1 Å². The number of nitrogens with one attached hydrogen (secondary N) is 3. The maximum absolute atomic E-state index is 11.7. The zero-order chi connectivity index (χ0) is 21.9. The number of nitrogens with zero attached hydrogens (tertiary/aromatic N) is 5. The van der Waals surface area contributed by atoms with Crippen molar-refractivity contribution in [1.29, 1.82) is 0 Å². The number of ether oxygens (including phenoxy) is 1. The van der Waals surface area contributed by atoms with Crippen LogP contribution in [0.25, 0.3) is 22.3 Å². The first-order valence-corrected chi connectivity index (χ1v) is 10.3. The van der Waals surface area contributed by atoms with E-state index in [-0.39, 0.29) is 5.91 Å². The number of fused-ring (bicyclic) bond motifs is 1. The van der Waals surface area contributed by atoms with Crippen LogP contribution in [-0.2, 0) is 4.74 Å². The van der Waals surface area contributed by atoms with Crippen molar-refractivity contribution in [2.45, 2.75) is 0 Å². The number of amides is 1. The topological polar surface area (TPSA) is 121 Å². The van der Waals surface area contributed by atoms with Crippen LogP contribution in [0, 0.1) is 0 Å². The predicted octanol–water partition coefficient (Wildman–Crippen LogP) is 2.35. The van der Waals surface area contributed by atoms with Crippen LogP contribution < -0.4 is 15.5 Å². The van der Waals surface area contributed by atoms with Crippen molar-refractivity contribution in [2.75, 3.05) is 43.6 Å². The van der Waals surface area contributed by atoms with Gasteiger partial charge in [0.2, 0.25) is 5.95 Å². The van der Waals surface area contributed by atoms with Gasteiger partial charge in [-0.25, -0.2) is 15.0 Å². The summed E-state index contributed by atoms with van der Waals surface area (Å²) >= 11 is 0. The van der Waals surface area contributed by atoms with Gasteiger partial charge in [0, 0.05) is 31.8 Å². The van der Waals surface area contributed by atoms with Crippen LogP contribution >= 0.6 is 0 Å². The number of pyridine rings is 1. The van der Waals surface area contributed by atoms with E-state index in [2.05, 4.69) is 30.5 Å². The van der Waals surface area contributed by atoms with Crippen LogP contribution in [0.2, 0.25) is 0 Å². The Morgan fingerprint density at radius 2 is 1.97 bits per heavy atom. The fraction of sp³-hybridized carbons (Fsp3) is 0.227. The molecule has 1 aliphatic heterocycles. The molecule has 1 aromatic carbocycles. The maximum atomic E-state index is 11.7. The SMILES string of the molecule is CNC(=O)c1ccc(Nc2cc(-c3ccc4nc[nH]c4c3)nc(N3CCOCC3)n2)cn1. The van der Waals surface area contributed by atoms with Gasteiger partial charge in [-0.3, -0.25) is 4.79 Å². The molecular formula is C22H22N8O2. The number of carbonyl (C=O) groups excluding carboxylic acids is 1. The summed E-state index contributed by atoms with van der Waals surface area (Å²) in [5, 5.41) is 5.85. The van der Waals surface area contributed by atoms with Gasteiger partial charge in [0.25, 0.3) is 5.91 Å². The number of aromatic amines is 1. The molecule has 4 heterocycles. The van der Waals surface area contributed by atoms with Crippen LogP contribution in [0.3, 0.4) is 0 Å². The van der Waals surface area contributed by atoms with E-state index < -0.39 is 0 Å². The van der Waals surface area contributed by atoms with Crippen LogP contribution in [0.15, 0.2) is 48.9 Å². The van der Waals surface area contributed by atoms with Crippen molar-refractivity contribution in [2.24, 2.45) is 0 Å². The van der Waals surface area contributed by atoms with Gasteiger partial charge in [0.05, 0.1) is 48.2 Å². The lowest BCUT2D eigenvalue weighted by molar-refractivity contribution is 0.0958. The van der Waals surface area contributed by atoms with Crippen molar-refractivity contribution >= 4 is 34.4 Å². The largest absolute Gasteiger partial charge is 0.378 e. The average molecular weight is 430 g/mol. The molecule has 5 rings (SSSR count). The molecule has 0 spiro atoms. The molecule has 1 amide bonds. The number of morpholine rings is 1. The Hall–Kier alpha value is -4.05. The van der Waals surface area contributed by atoms with Crippen LogP contribution in [0.1, 0.15) is 10.5 Å². The van der Waals surface area contributed by atoms with Crippen LogP contribution in [-0.4, -0.2) is 64.2 Å². The molecule has 162 valence electrons. The van der Waals surface area contributed by atoms with Crippen molar-refractivity contribution < 1.29 is 9.53 Å². The maximum Gasteiger partial charge on any atom is 0.269 e. The van der Waals surface area contributed by atoms with E-state index in [0.29, 0.717) is 30.7 Å². The third kappa shape index (κ3) is 4.08. The second kappa shape index (κ2) is 8.60. The first-order valence-electron chi connectivity index (χ1n) is 10.3. The summed E-state index contributed by atoms with van der Waals surface area (Å²) < 4.78 is 5.48. The molecule has 0 saturated carbocycles. The zero-order valence-electron chi connectivity index (χ0n) is 17.5. The second-order valence-corrected chi connectivity index (χ2v) is 7.31. The van der Waals surface area contributed by atoms with Crippen LogP contribution in [0.4, 0.5) is 17.5 Å². The third-order valence-corrected chi connectivity index (χ3v) is 5.22. The highest BCUT2D eigenvalue weighted by Crippen LogP contribution is 2.27. The van der Waals surface area contributed by atoms with Gasteiger partial charge in [0.15, 0.2) is 0 Å². The number of benzene rings is 1. The quantitative estimate of drug-likeness (QED) is 0.441.